The molecule has 33 heavy (non-hydrogen) atoms. The van der Waals surface area contributed by atoms with Crippen LogP contribution in [0.4, 0.5) is 17.6 Å². The number of halogens is 4. The number of carbonyl (C=O) groups excluding carboxylic acids is 1. The molecule has 1 aliphatic heterocycles. The van der Waals surface area contributed by atoms with Crippen molar-refractivity contribution in [2.75, 3.05) is 32.8 Å². The predicted molar refractivity (Wildman–Crippen MR) is 109 cm³/mol. The molecular weight excluding hydrogens is 444 g/mol. The second kappa shape index (κ2) is 9.36. The summed E-state index contributed by atoms with van der Waals surface area (Å²) in [5, 5.41) is 6.23. The Bertz CT molecular complexity index is 1120. The Morgan fingerprint density at radius 2 is 1.91 bits per heavy atom. The summed E-state index contributed by atoms with van der Waals surface area (Å²) in [6, 6.07) is 8.10. The molecule has 176 valence electrons. The van der Waals surface area contributed by atoms with Crippen molar-refractivity contribution in [3.63, 3.8) is 0 Å². The fraction of sp³-hybridized carbons (Fsp3) is 0.364. The Balaban J connectivity index is 1.60. The maximum Gasteiger partial charge on any atom is 0.434 e. The smallest absolute Gasteiger partial charge is 0.434 e. The molecule has 1 atom stereocenters. The Kier molecular flexibility index (Phi) is 6.52. The zero-order valence-corrected chi connectivity index (χ0v) is 17.7. The van der Waals surface area contributed by atoms with Crippen LogP contribution < -0.4 is 5.32 Å². The lowest BCUT2D eigenvalue weighted by atomic mass is 10.1. The van der Waals surface area contributed by atoms with Crippen molar-refractivity contribution < 1.29 is 31.5 Å². The molecule has 4 rings (SSSR count). The van der Waals surface area contributed by atoms with Gasteiger partial charge in [0.25, 0.3) is 5.91 Å². The van der Waals surface area contributed by atoms with Crippen LogP contribution in [0, 0.1) is 12.7 Å². The number of benzene rings is 1. The van der Waals surface area contributed by atoms with Gasteiger partial charge >= 0.3 is 6.18 Å². The summed E-state index contributed by atoms with van der Waals surface area (Å²) < 4.78 is 67.3. The molecule has 3 heterocycles. The van der Waals surface area contributed by atoms with Gasteiger partial charge in [-0.15, -0.1) is 0 Å². The molecule has 0 radical (unpaired) electrons. The third-order valence-corrected chi connectivity index (χ3v) is 5.39. The zero-order valence-electron chi connectivity index (χ0n) is 17.7. The van der Waals surface area contributed by atoms with Crippen molar-refractivity contribution in [2.24, 2.45) is 0 Å². The molecule has 1 aliphatic rings. The molecule has 0 spiro atoms. The van der Waals surface area contributed by atoms with Crippen LogP contribution in [0.3, 0.4) is 0 Å². The van der Waals surface area contributed by atoms with E-state index in [2.05, 4.69) is 10.4 Å². The van der Waals surface area contributed by atoms with E-state index in [4.69, 9.17) is 9.15 Å². The lowest BCUT2D eigenvalue weighted by molar-refractivity contribution is -0.143. The molecule has 1 amide bonds. The number of morpholine rings is 1. The summed E-state index contributed by atoms with van der Waals surface area (Å²) in [5.74, 6) is -0.585. The van der Waals surface area contributed by atoms with Crippen molar-refractivity contribution >= 4 is 5.91 Å². The number of aryl methyl sites for hydroxylation is 1. The standard InChI is InChI=1S/C22H22F4N4O3/c1-14-6-7-19(33-14)18(29-8-10-32-11-9-29)13-27-21(31)15-12-28-30(20(15)22(24,25)26)17-5-3-2-4-16(17)23/h2-7,12,18H,8-11,13H2,1H3,(H,27,31). The van der Waals surface area contributed by atoms with E-state index in [-0.39, 0.29) is 12.6 Å². The van der Waals surface area contributed by atoms with Crippen LogP contribution >= 0.6 is 0 Å². The molecule has 1 aromatic carbocycles. The summed E-state index contributed by atoms with van der Waals surface area (Å²) in [4.78, 5) is 14.9. The first-order chi connectivity index (χ1) is 15.8. The second-order valence-corrected chi connectivity index (χ2v) is 7.59. The molecule has 1 unspecified atom stereocenters. The van der Waals surface area contributed by atoms with Crippen molar-refractivity contribution in [1.82, 2.24) is 20.0 Å². The Hall–Kier alpha value is -3.18. The van der Waals surface area contributed by atoms with Crippen LogP contribution in [-0.4, -0.2) is 53.4 Å². The molecular formula is C22H22F4N4O3. The monoisotopic (exact) mass is 466 g/mol. The second-order valence-electron chi connectivity index (χ2n) is 7.59. The molecule has 3 aromatic rings. The summed E-state index contributed by atoms with van der Waals surface area (Å²) in [6.07, 6.45) is -4.14. The van der Waals surface area contributed by atoms with Crippen LogP contribution in [0.1, 0.15) is 33.6 Å². The van der Waals surface area contributed by atoms with Crippen molar-refractivity contribution in [1.29, 1.82) is 0 Å². The van der Waals surface area contributed by atoms with Crippen LogP contribution in [-0.2, 0) is 10.9 Å². The first-order valence-corrected chi connectivity index (χ1v) is 10.3. The first kappa shape index (κ1) is 23.0. The Morgan fingerprint density at radius 1 is 1.18 bits per heavy atom. The minimum absolute atomic E-state index is 0.00790. The molecule has 0 bridgehead atoms. The van der Waals surface area contributed by atoms with Crippen molar-refractivity contribution in [2.45, 2.75) is 19.1 Å². The molecule has 1 saturated heterocycles. The van der Waals surface area contributed by atoms with E-state index in [1.165, 1.54) is 12.1 Å². The number of ether oxygens (including phenoxy) is 1. The van der Waals surface area contributed by atoms with E-state index in [1.54, 1.807) is 19.1 Å². The first-order valence-electron chi connectivity index (χ1n) is 10.3. The molecule has 11 heteroatoms. The van der Waals surface area contributed by atoms with E-state index in [1.807, 2.05) is 4.90 Å². The van der Waals surface area contributed by atoms with Gasteiger partial charge in [-0.05, 0) is 31.2 Å². The van der Waals surface area contributed by atoms with Crippen molar-refractivity contribution in [3.8, 4) is 5.69 Å². The number of nitrogens with one attached hydrogen (secondary N) is 1. The lowest BCUT2D eigenvalue weighted by Crippen LogP contribution is -2.43. The van der Waals surface area contributed by atoms with Crippen LogP contribution in [0.15, 0.2) is 47.0 Å². The van der Waals surface area contributed by atoms with Gasteiger partial charge in [-0.25, -0.2) is 9.07 Å². The normalized spacial score (nSPS) is 16.0. The number of carbonyl (C=O) groups is 1. The van der Waals surface area contributed by atoms with Gasteiger partial charge in [0.05, 0.1) is 31.0 Å². The maximum atomic E-state index is 14.1. The van der Waals surface area contributed by atoms with Gasteiger partial charge in [-0.1, -0.05) is 12.1 Å². The number of aromatic nitrogens is 2. The summed E-state index contributed by atoms with van der Waals surface area (Å²) >= 11 is 0. The van der Waals surface area contributed by atoms with Gasteiger partial charge in [0.1, 0.15) is 23.0 Å². The summed E-state index contributed by atoms with van der Waals surface area (Å²) in [7, 11) is 0. The SMILES string of the molecule is Cc1ccc(C(CNC(=O)c2cnn(-c3ccccc3F)c2C(F)(F)F)N2CCOCC2)o1. The van der Waals surface area contributed by atoms with E-state index in [0.717, 1.165) is 18.3 Å². The molecule has 2 aromatic heterocycles. The number of furan rings is 1. The summed E-state index contributed by atoms with van der Waals surface area (Å²) in [6.45, 7) is 3.95. The van der Waals surface area contributed by atoms with Gasteiger partial charge in [-0.2, -0.15) is 18.3 Å². The van der Waals surface area contributed by atoms with Crippen LogP contribution in [0.25, 0.3) is 5.69 Å². The molecule has 0 aliphatic carbocycles. The molecule has 7 nitrogen and oxygen atoms in total. The minimum atomic E-state index is -4.94. The van der Waals surface area contributed by atoms with Crippen molar-refractivity contribution in [3.05, 3.63) is 71.2 Å². The lowest BCUT2D eigenvalue weighted by Gasteiger charge is -2.33. The highest BCUT2D eigenvalue weighted by Crippen LogP contribution is 2.34. The van der Waals surface area contributed by atoms with Gasteiger partial charge in [0.15, 0.2) is 5.69 Å². The van der Waals surface area contributed by atoms with Gasteiger partial charge in [0, 0.05) is 19.6 Å². The fourth-order valence-corrected chi connectivity index (χ4v) is 3.81. The number of rotatable bonds is 6. The van der Waals surface area contributed by atoms with Crippen LogP contribution in [0.2, 0.25) is 0 Å². The van der Waals surface area contributed by atoms with Crippen LogP contribution in [0.5, 0.6) is 0 Å². The van der Waals surface area contributed by atoms with E-state index >= 15 is 0 Å². The van der Waals surface area contributed by atoms with Gasteiger partial charge in [0.2, 0.25) is 0 Å². The Morgan fingerprint density at radius 3 is 2.55 bits per heavy atom. The third kappa shape index (κ3) is 4.93. The maximum absolute atomic E-state index is 14.1. The molecule has 1 N–H and O–H groups in total. The highest BCUT2D eigenvalue weighted by Gasteiger charge is 2.41. The van der Waals surface area contributed by atoms with E-state index in [0.29, 0.717) is 42.5 Å². The number of alkyl halides is 3. The minimum Gasteiger partial charge on any atom is -0.465 e. The highest BCUT2D eigenvalue weighted by molar-refractivity contribution is 5.95. The Labute approximate surface area is 186 Å². The predicted octanol–water partition coefficient (Wildman–Crippen LogP) is 3.73. The highest BCUT2D eigenvalue weighted by atomic mass is 19.4. The van der Waals surface area contributed by atoms with Gasteiger partial charge < -0.3 is 14.5 Å². The number of amides is 1. The van der Waals surface area contributed by atoms with E-state index < -0.39 is 34.8 Å². The summed E-state index contributed by atoms with van der Waals surface area (Å²) in [5.41, 5.74) is -2.44. The topological polar surface area (TPSA) is 72.5 Å². The molecule has 1 fully saturated rings. The molecule has 0 saturated carbocycles. The average Bonchev–Trinajstić information content (AvgIpc) is 3.42. The van der Waals surface area contributed by atoms with Gasteiger partial charge in [-0.3, -0.25) is 9.69 Å². The number of para-hydroxylation sites is 1. The number of hydrogen-bond acceptors (Lipinski definition) is 5. The largest absolute Gasteiger partial charge is 0.465 e. The number of hydrogen-bond donors (Lipinski definition) is 1. The quantitative estimate of drug-likeness (QED) is 0.561. The number of nitrogens with zero attached hydrogens (tertiary/aromatic N) is 3. The van der Waals surface area contributed by atoms with E-state index in [9.17, 15) is 22.4 Å². The zero-order chi connectivity index (χ0) is 23.6. The third-order valence-electron chi connectivity index (χ3n) is 5.39. The fourth-order valence-electron chi connectivity index (χ4n) is 3.81. The average molecular weight is 466 g/mol.